The SMILES string of the molecule is C[C@]1(C(N)=O)COc2c1cc(C(O)(CNC(=O)c1ccn3nc(C4CC4)cc3c1)C1CC1)nc2-c1ccc(Cl)c(F)c1. The molecule has 1 aliphatic heterocycles. The predicted molar refractivity (Wildman–Crippen MR) is 153 cm³/mol. The van der Waals surface area contributed by atoms with Crippen LogP contribution in [0.3, 0.4) is 0 Å². The van der Waals surface area contributed by atoms with Crippen molar-refractivity contribution in [1.82, 2.24) is 19.9 Å². The number of aromatic nitrogens is 3. The highest BCUT2D eigenvalue weighted by Crippen LogP contribution is 2.50. The molecule has 9 nitrogen and oxygen atoms in total. The Morgan fingerprint density at radius 2 is 2.00 bits per heavy atom. The number of amides is 2. The Bertz CT molecular complexity index is 1780. The molecule has 4 heterocycles. The number of carbonyl (C=O) groups is 2. The molecule has 3 aliphatic rings. The second-order valence-electron chi connectivity index (χ2n) is 11.9. The van der Waals surface area contributed by atoms with Crippen molar-refractivity contribution in [2.45, 2.75) is 49.5 Å². The number of nitrogens with zero attached hydrogens (tertiary/aromatic N) is 3. The summed E-state index contributed by atoms with van der Waals surface area (Å²) in [6, 6.07) is 11.3. The number of nitrogens with one attached hydrogen (secondary N) is 1. The van der Waals surface area contributed by atoms with Gasteiger partial charge in [-0.3, -0.25) is 9.59 Å². The van der Waals surface area contributed by atoms with Gasteiger partial charge in [-0.15, -0.1) is 0 Å². The molecule has 7 rings (SSSR count). The highest BCUT2D eigenvalue weighted by Gasteiger charge is 2.50. The second kappa shape index (κ2) is 9.50. The molecule has 2 amide bonds. The maximum absolute atomic E-state index is 14.5. The van der Waals surface area contributed by atoms with Crippen LogP contribution in [0.15, 0.2) is 48.7 Å². The summed E-state index contributed by atoms with van der Waals surface area (Å²) in [6.07, 6.45) is 5.48. The van der Waals surface area contributed by atoms with E-state index in [0.717, 1.165) is 36.9 Å². The number of hydrogen-bond donors (Lipinski definition) is 3. The van der Waals surface area contributed by atoms with Crippen LogP contribution in [0, 0.1) is 11.7 Å². The third-order valence-corrected chi connectivity index (χ3v) is 9.07. The third-order valence-electron chi connectivity index (χ3n) is 8.76. The zero-order chi connectivity index (χ0) is 29.4. The Hall–Kier alpha value is -4.02. The van der Waals surface area contributed by atoms with Crippen molar-refractivity contribution in [2.24, 2.45) is 11.7 Å². The Labute approximate surface area is 245 Å². The fourth-order valence-corrected chi connectivity index (χ4v) is 5.82. The average Bonchev–Trinajstić information content (AvgIpc) is 3.92. The molecule has 3 aromatic heterocycles. The van der Waals surface area contributed by atoms with Crippen LogP contribution in [0.25, 0.3) is 16.8 Å². The van der Waals surface area contributed by atoms with E-state index in [1.807, 2.05) is 6.07 Å². The smallest absolute Gasteiger partial charge is 0.251 e. The zero-order valence-corrected chi connectivity index (χ0v) is 23.6. The fraction of sp³-hybridized carbons (Fsp3) is 0.355. The second-order valence-corrected chi connectivity index (χ2v) is 12.3. The predicted octanol–water partition coefficient (Wildman–Crippen LogP) is 4.23. The summed E-state index contributed by atoms with van der Waals surface area (Å²) >= 11 is 5.92. The molecule has 11 heteroatoms. The number of fused-ring (bicyclic) bond motifs is 2. The van der Waals surface area contributed by atoms with Gasteiger partial charge in [-0.2, -0.15) is 5.10 Å². The lowest BCUT2D eigenvalue weighted by atomic mass is 9.81. The van der Waals surface area contributed by atoms with Gasteiger partial charge in [0.2, 0.25) is 5.91 Å². The van der Waals surface area contributed by atoms with Crippen molar-refractivity contribution in [3.05, 3.63) is 82.0 Å². The van der Waals surface area contributed by atoms with Crippen LogP contribution < -0.4 is 15.8 Å². The van der Waals surface area contributed by atoms with Gasteiger partial charge in [0.15, 0.2) is 0 Å². The largest absolute Gasteiger partial charge is 0.489 e. The number of halogens is 2. The van der Waals surface area contributed by atoms with Crippen LogP contribution >= 0.6 is 11.6 Å². The van der Waals surface area contributed by atoms with Crippen molar-refractivity contribution < 1.29 is 23.8 Å². The molecule has 42 heavy (non-hydrogen) atoms. The Morgan fingerprint density at radius 3 is 2.69 bits per heavy atom. The van der Waals surface area contributed by atoms with Gasteiger partial charge in [0.05, 0.1) is 28.5 Å². The maximum atomic E-state index is 14.5. The van der Waals surface area contributed by atoms with Gasteiger partial charge in [0.1, 0.15) is 34.9 Å². The molecule has 2 atom stereocenters. The van der Waals surface area contributed by atoms with Gasteiger partial charge in [0.25, 0.3) is 5.91 Å². The standard InChI is InChI=1S/C31H29ClFN5O4/c1-30(29(34)40)15-42-27-21(30)13-25(36-26(27)17-4-7-22(32)23(33)11-17)31(41,19-5-6-19)14-35-28(39)18-8-9-38-20(10-18)12-24(37-38)16-2-3-16/h4,7-13,16,19,41H,2-3,5-6,14-15H2,1H3,(H2,34,40)(H,35,39)/t30-,31?/m0/s1. The summed E-state index contributed by atoms with van der Waals surface area (Å²) in [4.78, 5) is 30.6. The van der Waals surface area contributed by atoms with Crippen LogP contribution in [0.4, 0.5) is 4.39 Å². The number of pyridine rings is 2. The van der Waals surface area contributed by atoms with E-state index in [-0.39, 0.29) is 41.4 Å². The van der Waals surface area contributed by atoms with Crippen molar-refractivity contribution in [3.8, 4) is 17.0 Å². The van der Waals surface area contributed by atoms with Crippen LogP contribution in [0.1, 0.15) is 65.8 Å². The first-order chi connectivity index (χ1) is 20.1. The minimum Gasteiger partial charge on any atom is -0.489 e. The molecule has 216 valence electrons. The number of benzene rings is 1. The summed E-state index contributed by atoms with van der Waals surface area (Å²) in [5.74, 6) is -0.990. The van der Waals surface area contributed by atoms with Crippen LogP contribution in [0.2, 0.25) is 5.02 Å². The van der Waals surface area contributed by atoms with Crippen LogP contribution in [0.5, 0.6) is 5.75 Å². The molecule has 0 spiro atoms. The first-order valence-electron chi connectivity index (χ1n) is 14.0. The molecule has 4 aromatic rings. The molecule has 1 unspecified atom stereocenters. The van der Waals surface area contributed by atoms with Crippen molar-refractivity contribution in [3.63, 3.8) is 0 Å². The van der Waals surface area contributed by atoms with E-state index < -0.39 is 22.7 Å². The van der Waals surface area contributed by atoms with E-state index in [9.17, 15) is 19.1 Å². The van der Waals surface area contributed by atoms with Crippen LogP contribution in [-0.4, -0.2) is 44.7 Å². The Balaban J connectivity index is 1.25. The van der Waals surface area contributed by atoms with Crippen LogP contribution in [-0.2, 0) is 15.8 Å². The number of aliphatic hydroxyl groups is 1. The van der Waals surface area contributed by atoms with Gasteiger partial charge >= 0.3 is 0 Å². The first-order valence-corrected chi connectivity index (χ1v) is 14.4. The van der Waals surface area contributed by atoms with E-state index in [4.69, 9.17) is 27.1 Å². The van der Waals surface area contributed by atoms with E-state index in [2.05, 4.69) is 10.4 Å². The number of nitrogens with two attached hydrogens (primary N) is 1. The third kappa shape index (κ3) is 4.40. The zero-order valence-electron chi connectivity index (χ0n) is 22.9. The van der Waals surface area contributed by atoms with Gasteiger partial charge in [-0.1, -0.05) is 17.7 Å². The fourth-order valence-electron chi connectivity index (χ4n) is 5.70. The normalized spacial score (nSPS) is 21.0. The summed E-state index contributed by atoms with van der Waals surface area (Å²) in [5, 5.41) is 19.6. The van der Waals surface area contributed by atoms with E-state index in [1.165, 1.54) is 12.1 Å². The monoisotopic (exact) mass is 589 g/mol. The van der Waals surface area contributed by atoms with E-state index in [1.54, 1.807) is 41.9 Å². The van der Waals surface area contributed by atoms with Gasteiger partial charge in [-0.25, -0.2) is 13.9 Å². The van der Waals surface area contributed by atoms with Crippen molar-refractivity contribution in [2.75, 3.05) is 13.2 Å². The minimum atomic E-state index is -1.56. The molecular formula is C31H29ClFN5O4. The lowest BCUT2D eigenvalue weighted by Gasteiger charge is -2.30. The maximum Gasteiger partial charge on any atom is 0.251 e. The summed E-state index contributed by atoms with van der Waals surface area (Å²) in [6.45, 7) is 1.52. The molecule has 0 saturated heterocycles. The topological polar surface area (TPSA) is 132 Å². The quantitative estimate of drug-likeness (QED) is 0.282. The Morgan fingerprint density at radius 1 is 1.21 bits per heavy atom. The summed E-state index contributed by atoms with van der Waals surface area (Å²) in [7, 11) is 0. The number of primary amides is 1. The number of ether oxygens (including phenoxy) is 1. The van der Waals surface area contributed by atoms with Crippen molar-refractivity contribution >= 4 is 28.9 Å². The molecule has 2 fully saturated rings. The molecule has 4 N–H and O–H groups in total. The molecule has 2 aliphatic carbocycles. The lowest BCUT2D eigenvalue weighted by molar-refractivity contribution is -0.123. The summed E-state index contributed by atoms with van der Waals surface area (Å²) < 4.78 is 22.2. The summed E-state index contributed by atoms with van der Waals surface area (Å²) in [5.41, 5.74) is 6.65. The molecule has 2 saturated carbocycles. The first kappa shape index (κ1) is 26.9. The van der Waals surface area contributed by atoms with Crippen molar-refractivity contribution in [1.29, 1.82) is 0 Å². The van der Waals surface area contributed by atoms with E-state index in [0.29, 0.717) is 28.4 Å². The highest BCUT2D eigenvalue weighted by atomic mass is 35.5. The number of rotatable bonds is 8. The van der Waals surface area contributed by atoms with Gasteiger partial charge < -0.3 is 20.9 Å². The lowest BCUT2D eigenvalue weighted by Crippen LogP contribution is -2.44. The number of carbonyl (C=O) groups excluding carboxylic acids is 2. The van der Waals surface area contributed by atoms with Gasteiger partial charge in [-0.05, 0) is 74.9 Å². The molecule has 1 aromatic carbocycles. The Kier molecular flexibility index (Phi) is 6.07. The molecule has 0 radical (unpaired) electrons. The average molecular weight is 590 g/mol. The highest BCUT2D eigenvalue weighted by molar-refractivity contribution is 6.30. The number of hydrogen-bond acceptors (Lipinski definition) is 6. The van der Waals surface area contributed by atoms with E-state index >= 15 is 0 Å². The molecule has 0 bridgehead atoms. The molecular weight excluding hydrogens is 561 g/mol. The minimum absolute atomic E-state index is 0.0238. The van der Waals surface area contributed by atoms with Gasteiger partial charge in [0, 0.05) is 28.8 Å².